The normalized spacial score (nSPS) is 40.0. The zero-order chi connectivity index (χ0) is 10.6. The van der Waals surface area contributed by atoms with Crippen LogP contribution in [0.15, 0.2) is 0 Å². The largest absolute Gasteiger partial charge is 0.339 e. The fraction of sp³-hybridized carbons (Fsp3) is 0.917. The van der Waals surface area contributed by atoms with E-state index in [4.69, 9.17) is 0 Å². The van der Waals surface area contributed by atoms with Gasteiger partial charge in [-0.2, -0.15) is 0 Å². The second-order valence-electron chi connectivity index (χ2n) is 6.36. The summed E-state index contributed by atoms with van der Waals surface area (Å²) >= 11 is 0. The number of carbonyl (C=O) groups excluding carboxylic acids is 1. The van der Waals surface area contributed by atoms with Crippen LogP contribution in [0.4, 0.5) is 0 Å². The lowest BCUT2D eigenvalue weighted by Gasteiger charge is -2.39. The van der Waals surface area contributed by atoms with Crippen LogP contribution >= 0.6 is 0 Å². The van der Waals surface area contributed by atoms with E-state index in [-0.39, 0.29) is 5.91 Å². The van der Waals surface area contributed by atoms with Gasteiger partial charge in [0, 0.05) is 19.5 Å². The third kappa shape index (κ3) is 1.55. The van der Waals surface area contributed by atoms with Crippen molar-refractivity contribution in [1.29, 1.82) is 0 Å². The predicted molar refractivity (Wildman–Crippen MR) is 56.9 cm³/mol. The number of likely N-dealkylation sites (tertiary alicyclic amines) is 1. The first-order chi connectivity index (χ1) is 6.31. The van der Waals surface area contributed by atoms with Gasteiger partial charge in [-0.3, -0.25) is 4.79 Å². The van der Waals surface area contributed by atoms with Crippen LogP contribution in [0.2, 0.25) is 0 Å². The van der Waals surface area contributed by atoms with Crippen molar-refractivity contribution < 1.29 is 4.79 Å². The van der Waals surface area contributed by atoms with Gasteiger partial charge in [0.15, 0.2) is 0 Å². The van der Waals surface area contributed by atoms with Gasteiger partial charge in [0.1, 0.15) is 0 Å². The molecule has 2 aliphatic rings. The van der Waals surface area contributed by atoms with Crippen molar-refractivity contribution in [3.05, 3.63) is 0 Å². The molecule has 0 aromatic rings. The summed E-state index contributed by atoms with van der Waals surface area (Å²) in [5.74, 6) is 0.261. The van der Waals surface area contributed by atoms with Gasteiger partial charge in [-0.25, -0.2) is 0 Å². The van der Waals surface area contributed by atoms with Gasteiger partial charge in [0.25, 0.3) is 0 Å². The lowest BCUT2D eigenvalue weighted by Crippen LogP contribution is -2.36. The molecule has 1 saturated carbocycles. The van der Waals surface area contributed by atoms with Crippen molar-refractivity contribution >= 4 is 5.91 Å². The summed E-state index contributed by atoms with van der Waals surface area (Å²) in [5, 5.41) is 0. The second-order valence-corrected chi connectivity index (χ2v) is 6.36. The fourth-order valence-corrected chi connectivity index (χ4v) is 3.83. The molecule has 2 heteroatoms. The molecule has 2 fully saturated rings. The van der Waals surface area contributed by atoms with Crippen LogP contribution in [0.3, 0.4) is 0 Å². The summed E-state index contributed by atoms with van der Waals surface area (Å²) in [5.41, 5.74) is 0.806. The van der Waals surface area contributed by atoms with E-state index < -0.39 is 0 Å². The lowest BCUT2D eigenvalue weighted by atomic mass is 9.65. The summed E-state index contributed by atoms with van der Waals surface area (Å²) < 4.78 is 0. The lowest BCUT2D eigenvalue weighted by molar-refractivity contribution is -0.129. The van der Waals surface area contributed by atoms with Crippen molar-refractivity contribution in [1.82, 2.24) is 4.90 Å². The maximum Gasteiger partial charge on any atom is 0.219 e. The Morgan fingerprint density at radius 2 is 1.93 bits per heavy atom. The van der Waals surface area contributed by atoms with Crippen molar-refractivity contribution in [3.8, 4) is 0 Å². The van der Waals surface area contributed by atoms with E-state index in [9.17, 15) is 4.79 Å². The first-order valence-electron chi connectivity index (χ1n) is 5.59. The van der Waals surface area contributed by atoms with Gasteiger partial charge in [-0.15, -0.1) is 0 Å². The topological polar surface area (TPSA) is 20.3 Å². The SMILES string of the molecule is CC(=O)N1C[C@]2(C)C[C@H]1CC(C)(C)C2. The van der Waals surface area contributed by atoms with E-state index in [1.54, 1.807) is 6.92 Å². The highest BCUT2D eigenvalue weighted by Crippen LogP contribution is 2.52. The van der Waals surface area contributed by atoms with E-state index >= 15 is 0 Å². The smallest absolute Gasteiger partial charge is 0.219 e. The van der Waals surface area contributed by atoms with Gasteiger partial charge in [0.2, 0.25) is 5.91 Å². The first kappa shape index (κ1) is 10.0. The molecular weight excluding hydrogens is 174 g/mol. The summed E-state index contributed by atoms with van der Waals surface area (Å²) in [6, 6.07) is 0.515. The van der Waals surface area contributed by atoms with Crippen molar-refractivity contribution in [2.24, 2.45) is 10.8 Å². The van der Waals surface area contributed by atoms with Gasteiger partial charge in [-0.1, -0.05) is 20.8 Å². The fourth-order valence-electron chi connectivity index (χ4n) is 3.83. The Balaban J connectivity index is 2.23. The zero-order valence-corrected chi connectivity index (χ0v) is 9.76. The quantitative estimate of drug-likeness (QED) is 0.581. The Bertz CT molecular complexity index is 271. The van der Waals surface area contributed by atoms with Gasteiger partial charge < -0.3 is 4.90 Å². The molecule has 1 saturated heterocycles. The predicted octanol–water partition coefficient (Wildman–Crippen LogP) is 2.43. The highest BCUT2D eigenvalue weighted by atomic mass is 16.2. The highest BCUT2D eigenvalue weighted by Gasteiger charge is 2.50. The molecule has 80 valence electrons. The van der Waals surface area contributed by atoms with Crippen LogP contribution in [-0.2, 0) is 4.79 Å². The van der Waals surface area contributed by atoms with Crippen molar-refractivity contribution in [3.63, 3.8) is 0 Å². The van der Waals surface area contributed by atoms with Crippen LogP contribution in [0, 0.1) is 10.8 Å². The van der Waals surface area contributed by atoms with Crippen molar-refractivity contribution in [2.75, 3.05) is 6.54 Å². The number of fused-ring (bicyclic) bond motifs is 2. The van der Waals surface area contributed by atoms with E-state index in [0.717, 1.165) is 6.54 Å². The molecule has 1 amide bonds. The zero-order valence-electron chi connectivity index (χ0n) is 9.76. The Kier molecular flexibility index (Phi) is 1.96. The number of hydrogen-bond donors (Lipinski definition) is 0. The highest BCUT2D eigenvalue weighted by molar-refractivity contribution is 5.74. The molecule has 0 unspecified atom stereocenters. The summed E-state index contributed by atoms with van der Waals surface area (Å²) in [6.45, 7) is 9.69. The minimum absolute atomic E-state index is 0.261. The number of hydrogen-bond acceptors (Lipinski definition) is 1. The number of amides is 1. The number of carbonyl (C=O) groups is 1. The average molecular weight is 195 g/mol. The van der Waals surface area contributed by atoms with Crippen LogP contribution < -0.4 is 0 Å². The Hall–Kier alpha value is -0.530. The van der Waals surface area contributed by atoms with Crippen LogP contribution in [0.25, 0.3) is 0 Å². The molecule has 1 aliphatic carbocycles. The monoisotopic (exact) mass is 195 g/mol. The molecule has 1 aliphatic heterocycles. The Morgan fingerprint density at radius 1 is 1.29 bits per heavy atom. The van der Waals surface area contributed by atoms with Crippen LogP contribution in [-0.4, -0.2) is 23.4 Å². The van der Waals surface area contributed by atoms with Crippen molar-refractivity contribution in [2.45, 2.75) is 53.0 Å². The molecule has 1 heterocycles. The Labute approximate surface area is 86.7 Å². The molecule has 2 nitrogen and oxygen atoms in total. The minimum Gasteiger partial charge on any atom is -0.339 e. The van der Waals surface area contributed by atoms with E-state index in [2.05, 4.69) is 25.7 Å². The molecule has 14 heavy (non-hydrogen) atoms. The maximum absolute atomic E-state index is 11.5. The standard InChI is InChI=1S/C12H21NO/c1-9(14)13-8-12(4)6-10(13)5-11(2,3)7-12/h10H,5-8H2,1-4H3/t10-,12-/m1/s1. The third-order valence-corrected chi connectivity index (χ3v) is 3.82. The number of rotatable bonds is 0. The van der Waals surface area contributed by atoms with Gasteiger partial charge in [-0.05, 0) is 30.1 Å². The molecule has 0 N–H and O–H groups in total. The van der Waals surface area contributed by atoms with Crippen LogP contribution in [0.1, 0.15) is 47.0 Å². The maximum atomic E-state index is 11.5. The molecule has 2 rings (SSSR count). The second kappa shape index (κ2) is 2.74. The van der Waals surface area contributed by atoms with E-state index in [1.807, 2.05) is 0 Å². The Morgan fingerprint density at radius 3 is 2.50 bits per heavy atom. The summed E-state index contributed by atoms with van der Waals surface area (Å²) in [6.07, 6.45) is 3.67. The molecule has 2 atom stereocenters. The third-order valence-electron chi connectivity index (χ3n) is 3.82. The molecular formula is C12H21NO. The molecule has 0 radical (unpaired) electrons. The van der Waals surface area contributed by atoms with Gasteiger partial charge in [0.05, 0.1) is 0 Å². The molecule has 2 bridgehead atoms. The minimum atomic E-state index is 0.261. The average Bonchev–Trinajstić information content (AvgIpc) is 2.19. The molecule has 0 spiro atoms. The van der Waals surface area contributed by atoms with Crippen LogP contribution in [0.5, 0.6) is 0 Å². The van der Waals surface area contributed by atoms with Gasteiger partial charge >= 0.3 is 0 Å². The molecule has 0 aromatic heterocycles. The molecule has 0 aromatic carbocycles. The van der Waals surface area contributed by atoms with E-state index in [1.165, 1.54) is 19.3 Å². The summed E-state index contributed by atoms with van der Waals surface area (Å²) in [4.78, 5) is 13.6. The first-order valence-corrected chi connectivity index (χ1v) is 5.59. The summed E-state index contributed by atoms with van der Waals surface area (Å²) in [7, 11) is 0. The number of nitrogens with zero attached hydrogens (tertiary/aromatic N) is 1. The van der Waals surface area contributed by atoms with E-state index in [0.29, 0.717) is 16.9 Å².